The van der Waals surface area contributed by atoms with Crippen LogP contribution >= 0.6 is 0 Å². The second-order valence-corrected chi connectivity index (χ2v) is 6.61. The standard InChI is InChI=1S/C21H21NO5/c1-13-4-7-17(10-14(13)2)22-12-16(11-19(22)23)21(25)27-18-8-5-15(6-9-18)20(24)26-3/h4-10,16H,11-12H2,1-3H3/t16-/m0/s1. The number of ether oxygens (including phenoxy) is 2. The number of esters is 2. The lowest BCUT2D eigenvalue weighted by Crippen LogP contribution is -2.27. The summed E-state index contributed by atoms with van der Waals surface area (Å²) < 4.78 is 10.0. The Labute approximate surface area is 157 Å². The van der Waals surface area contributed by atoms with Crippen molar-refractivity contribution in [2.45, 2.75) is 20.3 Å². The maximum Gasteiger partial charge on any atom is 0.337 e. The Morgan fingerprint density at radius 2 is 1.74 bits per heavy atom. The zero-order valence-electron chi connectivity index (χ0n) is 15.5. The van der Waals surface area contributed by atoms with Crippen LogP contribution in [0, 0.1) is 19.8 Å². The number of carbonyl (C=O) groups excluding carboxylic acids is 3. The third-order valence-corrected chi connectivity index (χ3v) is 4.75. The van der Waals surface area contributed by atoms with Crippen molar-refractivity contribution in [3.05, 3.63) is 59.2 Å². The van der Waals surface area contributed by atoms with Gasteiger partial charge < -0.3 is 14.4 Å². The minimum absolute atomic E-state index is 0.0961. The number of benzene rings is 2. The van der Waals surface area contributed by atoms with E-state index in [4.69, 9.17) is 4.74 Å². The number of aryl methyl sites for hydroxylation is 2. The highest BCUT2D eigenvalue weighted by Crippen LogP contribution is 2.28. The molecule has 1 amide bonds. The van der Waals surface area contributed by atoms with E-state index in [1.165, 1.54) is 31.4 Å². The quantitative estimate of drug-likeness (QED) is 0.613. The largest absolute Gasteiger partial charge is 0.465 e. The Morgan fingerprint density at radius 3 is 2.37 bits per heavy atom. The highest BCUT2D eigenvalue weighted by molar-refractivity contribution is 5.99. The van der Waals surface area contributed by atoms with E-state index in [1.807, 2.05) is 32.0 Å². The number of methoxy groups -OCH3 is 1. The third-order valence-electron chi connectivity index (χ3n) is 4.75. The minimum Gasteiger partial charge on any atom is -0.465 e. The molecule has 0 radical (unpaired) electrons. The molecule has 0 bridgehead atoms. The van der Waals surface area contributed by atoms with Gasteiger partial charge >= 0.3 is 11.9 Å². The Morgan fingerprint density at radius 1 is 1.04 bits per heavy atom. The number of carbonyl (C=O) groups is 3. The van der Waals surface area contributed by atoms with Crippen molar-refractivity contribution in [2.24, 2.45) is 5.92 Å². The van der Waals surface area contributed by atoms with Gasteiger partial charge in [0.25, 0.3) is 0 Å². The molecule has 0 unspecified atom stereocenters. The molecule has 0 aromatic heterocycles. The Balaban J connectivity index is 1.66. The van der Waals surface area contributed by atoms with Gasteiger partial charge in [-0.15, -0.1) is 0 Å². The van der Waals surface area contributed by atoms with Crippen LogP contribution in [-0.2, 0) is 14.3 Å². The summed E-state index contributed by atoms with van der Waals surface area (Å²) >= 11 is 0. The molecular weight excluding hydrogens is 346 g/mol. The molecule has 1 heterocycles. The van der Waals surface area contributed by atoms with E-state index >= 15 is 0 Å². The average molecular weight is 367 g/mol. The van der Waals surface area contributed by atoms with Gasteiger partial charge in [-0.2, -0.15) is 0 Å². The van der Waals surface area contributed by atoms with E-state index in [0.29, 0.717) is 17.9 Å². The van der Waals surface area contributed by atoms with Gasteiger partial charge in [0.1, 0.15) is 5.75 Å². The summed E-state index contributed by atoms with van der Waals surface area (Å²) in [7, 11) is 1.30. The number of hydrogen-bond donors (Lipinski definition) is 0. The molecule has 6 nitrogen and oxygen atoms in total. The summed E-state index contributed by atoms with van der Waals surface area (Å²) in [4.78, 5) is 37.9. The molecule has 0 aliphatic carbocycles. The van der Waals surface area contributed by atoms with Crippen LogP contribution in [0.1, 0.15) is 27.9 Å². The third kappa shape index (κ3) is 4.00. The average Bonchev–Trinajstić information content (AvgIpc) is 3.06. The van der Waals surface area contributed by atoms with Crippen molar-refractivity contribution < 1.29 is 23.9 Å². The highest BCUT2D eigenvalue weighted by Gasteiger charge is 2.36. The minimum atomic E-state index is -0.528. The summed E-state index contributed by atoms with van der Waals surface area (Å²) in [5, 5.41) is 0. The second kappa shape index (κ2) is 7.61. The van der Waals surface area contributed by atoms with Crippen molar-refractivity contribution in [3.63, 3.8) is 0 Å². The van der Waals surface area contributed by atoms with Crippen LogP contribution in [0.25, 0.3) is 0 Å². The fourth-order valence-corrected chi connectivity index (χ4v) is 2.98. The van der Waals surface area contributed by atoms with Gasteiger partial charge in [-0.3, -0.25) is 9.59 Å². The molecule has 2 aromatic carbocycles. The fraction of sp³-hybridized carbons (Fsp3) is 0.286. The van der Waals surface area contributed by atoms with E-state index in [1.54, 1.807) is 4.90 Å². The van der Waals surface area contributed by atoms with E-state index in [0.717, 1.165) is 16.8 Å². The van der Waals surface area contributed by atoms with Crippen LogP contribution in [0.3, 0.4) is 0 Å². The predicted molar refractivity (Wildman–Crippen MR) is 99.8 cm³/mol. The predicted octanol–water partition coefficient (Wildman–Crippen LogP) is 3.05. The van der Waals surface area contributed by atoms with Crippen LogP contribution in [0.15, 0.2) is 42.5 Å². The first-order chi connectivity index (χ1) is 12.9. The molecule has 27 heavy (non-hydrogen) atoms. The number of rotatable bonds is 4. The molecular formula is C21H21NO5. The number of amides is 1. The molecule has 1 aliphatic heterocycles. The van der Waals surface area contributed by atoms with Gasteiger partial charge in [0.2, 0.25) is 5.91 Å². The summed E-state index contributed by atoms with van der Waals surface area (Å²) in [5.74, 6) is -1.22. The van der Waals surface area contributed by atoms with Gasteiger partial charge in [-0.1, -0.05) is 6.07 Å². The fourth-order valence-electron chi connectivity index (χ4n) is 2.98. The summed E-state index contributed by atoms with van der Waals surface area (Å²) in [6.07, 6.45) is 0.117. The van der Waals surface area contributed by atoms with Crippen LogP contribution < -0.4 is 9.64 Å². The molecule has 1 aliphatic rings. The van der Waals surface area contributed by atoms with Crippen LogP contribution in [0.4, 0.5) is 5.69 Å². The van der Waals surface area contributed by atoms with Gasteiger partial charge in [0.05, 0.1) is 18.6 Å². The first-order valence-electron chi connectivity index (χ1n) is 8.66. The number of anilines is 1. The number of hydrogen-bond acceptors (Lipinski definition) is 5. The normalized spacial score (nSPS) is 16.3. The van der Waals surface area contributed by atoms with Crippen molar-refractivity contribution in [3.8, 4) is 5.75 Å². The monoisotopic (exact) mass is 367 g/mol. The molecule has 3 rings (SSSR count). The lowest BCUT2D eigenvalue weighted by Gasteiger charge is -2.17. The summed E-state index contributed by atoms with van der Waals surface area (Å²) in [5.41, 5.74) is 3.41. The maximum absolute atomic E-state index is 12.4. The zero-order chi connectivity index (χ0) is 19.6. The van der Waals surface area contributed by atoms with Crippen molar-refractivity contribution in [2.75, 3.05) is 18.6 Å². The van der Waals surface area contributed by atoms with Gasteiger partial charge in [0, 0.05) is 18.7 Å². The van der Waals surface area contributed by atoms with Crippen molar-refractivity contribution >= 4 is 23.5 Å². The molecule has 1 atom stereocenters. The van der Waals surface area contributed by atoms with E-state index in [-0.39, 0.29) is 12.3 Å². The maximum atomic E-state index is 12.4. The van der Waals surface area contributed by atoms with Gasteiger partial charge in [-0.25, -0.2) is 4.79 Å². The first kappa shape index (κ1) is 18.6. The SMILES string of the molecule is COC(=O)c1ccc(OC(=O)[C@H]2CC(=O)N(c3ccc(C)c(C)c3)C2)cc1. The van der Waals surface area contributed by atoms with Crippen molar-refractivity contribution in [1.29, 1.82) is 0 Å². The molecule has 1 fully saturated rings. The van der Waals surface area contributed by atoms with Crippen LogP contribution in [0.5, 0.6) is 5.75 Å². The zero-order valence-corrected chi connectivity index (χ0v) is 15.5. The lowest BCUT2D eigenvalue weighted by atomic mass is 10.1. The molecule has 0 saturated carbocycles. The van der Waals surface area contributed by atoms with Crippen molar-refractivity contribution in [1.82, 2.24) is 0 Å². The van der Waals surface area contributed by atoms with Gasteiger partial charge in [0.15, 0.2) is 0 Å². The molecule has 6 heteroatoms. The molecule has 0 spiro atoms. The Bertz CT molecular complexity index is 888. The molecule has 1 saturated heterocycles. The lowest BCUT2D eigenvalue weighted by molar-refractivity contribution is -0.139. The summed E-state index contributed by atoms with van der Waals surface area (Å²) in [6, 6.07) is 11.9. The smallest absolute Gasteiger partial charge is 0.337 e. The Hall–Kier alpha value is -3.15. The van der Waals surface area contributed by atoms with Crippen LogP contribution in [0.2, 0.25) is 0 Å². The topological polar surface area (TPSA) is 72.9 Å². The number of nitrogens with zero attached hydrogens (tertiary/aromatic N) is 1. The molecule has 140 valence electrons. The Kier molecular flexibility index (Phi) is 5.26. The van der Waals surface area contributed by atoms with E-state index in [9.17, 15) is 14.4 Å². The molecule has 2 aromatic rings. The second-order valence-electron chi connectivity index (χ2n) is 6.61. The van der Waals surface area contributed by atoms with E-state index < -0.39 is 17.9 Å². The van der Waals surface area contributed by atoms with Gasteiger partial charge in [-0.05, 0) is 61.4 Å². The highest BCUT2D eigenvalue weighted by atomic mass is 16.5. The van der Waals surface area contributed by atoms with Crippen LogP contribution in [-0.4, -0.2) is 31.5 Å². The van der Waals surface area contributed by atoms with E-state index in [2.05, 4.69) is 4.74 Å². The first-order valence-corrected chi connectivity index (χ1v) is 8.66. The summed E-state index contributed by atoms with van der Waals surface area (Å²) in [6.45, 7) is 4.29. The molecule has 0 N–H and O–H groups in total.